The molecule has 2 saturated heterocycles. The summed E-state index contributed by atoms with van der Waals surface area (Å²) in [6.07, 6.45) is 5.39. The van der Waals surface area contributed by atoms with Gasteiger partial charge < -0.3 is 4.74 Å². The summed E-state index contributed by atoms with van der Waals surface area (Å²) in [7, 11) is 0. The number of morpholine rings is 1. The van der Waals surface area contributed by atoms with Crippen molar-refractivity contribution in [2.45, 2.75) is 51.0 Å². The van der Waals surface area contributed by atoms with E-state index in [1.807, 2.05) is 18.2 Å². The average Bonchev–Trinajstić information content (AvgIpc) is 2.67. The molecule has 2 heterocycles. The lowest BCUT2D eigenvalue weighted by molar-refractivity contribution is -0.150. The molecule has 2 aliphatic heterocycles. The van der Waals surface area contributed by atoms with Gasteiger partial charge in [0.1, 0.15) is 0 Å². The number of unbranched alkanes of at least 4 members (excludes halogenated alkanes) is 1. The van der Waals surface area contributed by atoms with Gasteiger partial charge in [-0.25, -0.2) is 0 Å². The van der Waals surface area contributed by atoms with E-state index in [-0.39, 0.29) is 17.9 Å². The van der Waals surface area contributed by atoms with Crippen molar-refractivity contribution in [2.24, 2.45) is 0 Å². The maximum Gasteiger partial charge on any atom is 0.229 e. The van der Waals surface area contributed by atoms with Crippen LogP contribution in [0.1, 0.15) is 44.1 Å². The van der Waals surface area contributed by atoms with E-state index in [0.29, 0.717) is 12.8 Å². The highest BCUT2D eigenvalue weighted by Crippen LogP contribution is 2.23. The molecule has 1 atom stereocenters. The van der Waals surface area contributed by atoms with Gasteiger partial charge in [0.15, 0.2) is 0 Å². The van der Waals surface area contributed by atoms with Crippen LogP contribution in [-0.4, -0.2) is 60.5 Å². The second-order valence-electron chi connectivity index (χ2n) is 7.30. The summed E-state index contributed by atoms with van der Waals surface area (Å²) < 4.78 is 5.36. The topological polar surface area (TPSA) is 49.9 Å². The van der Waals surface area contributed by atoms with Crippen LogP contribution in [0, 0.1) is 0 Å². The van der Waals surface area contributed by atoms with Crippen molar-refractivity contribution in [2.75, 3.05) is 32.8 Å². The Morgan fingerprint density at radius 1 is 1.12 bits per heavy atom. The zero-order valence-electron chi connectivity index (χ0n) is 15.6. The van der Waals surface area contributed by atoms with Gasteiger partial charge in [0.25, 0.3) is 0 Å². The van der Waals surface area contributed by atoms with E-state index in [0.717, 1.165) is 65.0 Å². The summed E-state index contributed by atoms with van der Waals surface area (Å²) in [6, 6.07) is 10.2. The number of imide groups is 1. The molecule has 0 aliphatic carbocycles. The summed E-state index contributed by atoms with van der Waals surface area (Å²) in [6.45, 7) is 4.60. The molecule has 2 fully saturated rings. The third-order valence-corrected chi connectivity index (χ3v) is 5.36. The Bertz CT molecular complexity index is 584. The molecule has 3 rings (SSSR count). The minimum Gasteiger partial charge on any atom is -0.379 e. The second-order valence-corrected chi connectivity index (χ2v) is 7.30. The summed E-state index contributed by atoms with van der Waals surface area (Å²) in [5, 5.41) is 0. The molecule has 0 aromatic heterocycles. The standard InChI is InChI=1S/C21H30N2O3/c24-20(10-4-5-12-22-13-15-26-16-14-22)23-19(9-6-11-21(23)25)17-18-7-2-1-3-8-18/h1-3,7-8,19H,4-6,9-17H2. The molecule has 0 radical (unpaired) electrons. The summed E-state index contributed by atoms with van der Waals surface area (Å²) in [5.41, 5.74) is 1.19. The molecule has 0 saturated carbocycles. The summed E-state index contributed by atoms with van der Waals surface area (Å²) in [5.74, 6) is 0.0213. The zero-order valence-corrected chi connectivity index (χ0v) is 15.6. The van der Waals surface area contributed by atoms with Gasteiger partial charge in [-0.05, 0) is 44.2 Å². The molecule has 0 spiro atoms. The maximum atomic E-state index is 12.7. The molecule has 0 N–H and O–H groups in total. The second kappa shape index (κ2) is 9.83. The number of likely N-dealkylation sites (tertiary alicyclic amines) is 1. The molecule has 2 aliphatic rings. The Morgan fingerprint density at radius 2 is 1.88 bits per heavy atom. The summed E-state index contributed by atoms with van der Waals surface area (Å²) >= 11 is 0. The molecule has 5 nitrogen and oxygen atoms in total. The molecule has 0 bridgehead atoms. The molecule has 142 valence electrons. The van der Waals surface area contributed by atoms with Gasteiger partial charge >= 0.3 is 0 Å². The molecule has 5 heteroatoms. The van der Waals surface area contributed by atoms with Crippen molar-refractivity contribution >= 4 is 11.8 Å². The molecule has 1 aromatic carbocycles. The third kappa shape index (κ3) is 5.39. The Morgan fingerprint density at radius 3 is 2.65 bits per heavy atom. The van der Waals surface area contributed by atoms with Crippen LogP contribution in [0.4, 0.5) is 0 Å². The highest BCUT2D eigenvalue weighted by molar-refractivity contribution is 5.96. The van der Waals surface area contributed by atoms with Crippen molar-refractivity contribution in [3.05, 3.63) is 35.9 Å². The first-order chi connectivity index (χ1) is 12.7. The lowest BCUT2D eigenvalue weighted by atomic mass is 9.94. The van der Waals surface area contributed by atoms with Crippen molar-refractivity contribution in [1.82, 2.24) is 9.80 Å². The quantitative estimate of drug-likeness (QED) is 0.703. The van der Waals surface area contributed by atoms with E-state index in [9.17, 15) is 9.59 Å². The Balaban J connectivity index is 1.48. The van der Waals surface area contributed by atoms with Crippen LogP contribution in [0.5, 0.6) is 0 Å². The molecule has 1 unspecified atom stereocenters. The van der Waals surface area contributed by atoms with Gasteiger partial charge in [-0.3, -0.25) is 19.4 Å². The van der Waals surface area contributed by atoms with E-state index in [1.54, 1.807) is 4.90 Å². The maximum absolute atomic E-state index is 12.7. The van der Waals surface area contributed by atoms with Crippen molar-refractivity contribution in [3.8, 4) is 0 Å². The molecular formula is C21H30N2O3. The predicted molar refractivity (Wildman–Crippen MR) is 101 cm³/mol. The Labute approximate surface area is 156 Å². The van der Waals surface area contributed by atoms with E-state index in [2.05, 4.69) is 17.0 Å². The van der Waals surface area contributed by atoms with Gasteiger partial charge in [0.05, 0.1) is 13.2 Å². The lowest BCUT2D eigenvalue weighted by Gasteiger charge is -2.34. The smallest absolute Gasteiger partial charge is 0.229 e. The summed E-state index contributed by atoms with van der Waals surface area (Å²) in [4.78, 5) is 29.1. The molecule has 26 heavy (non-hydrogen) atoms. The molecule has 2 amide bonds. The number of rotatable bonds is 7. The van der Waals surface area contributed by atoms with E-state index in [4.69, 9.17) is 4.74 Å². The number of hydrogen-bond donors (Lipinski definition) is 0. The zero-order chi connectivity index (χ0) is 18.2. The molecule has 1 aromatic rings. The fraction of sp³-hybridized carbons (Fsp3) is 0.619. The minimum absolute atomic E-state index is 0.00959. The van der Waals surface area contributed by atoms with Crippen molar-refractivity contribution < 1.29 is 14.3 Å². The highest BCUT2D eigenvalue weighted by atomic mass is 16.5. The SMILES string of the molecule is O=C(CCCCN1CCOCC1)N1C(=O)CCCC1Cc1ccccc1. The number of amides is 2. The Hall–Kier alpha value is -1.72. The van der Waals surface area contributed by atoms with Gasteiger partial charge in [0, 0.05) is 32.0 Å². The van der Waals surface area contributed by atoms with E-state index < -0.39 is 0 Å². The van der Waals surface area contributed by atoms with Gasteiger partial charge in [-0.2, -0.15) is 0 Å². The van der Waals surface area contributed by atoms with Crippen LogP contribution in [0.15, 0.2) is 30.3 Å². The first kappa shape index (κ1) is 19.1. The third-order valence-electron chi connectivity index (χ3n) is 5.36. The lowest BCUT2D eigenvalue weighted by Crippen LogP contribution is -2.48. The van der Waals surface area contributed by atoms with Gasteiger partial charge in [-0.1, -0.05) is 30.3 Å². The first-order valence-corrected chi connectivity index (χ1v) is 9.93. The normalized spacial score (nSPS) is 21.8. The van der Waals surface area contributed by atoms with Crippen LogP contribution >= 0.6 is 0 Å². The van der Waals surface area contributed by atoms with E-state index in [1.165, 1.54) is 5.56 Å². The van der Waals surface area contributed by atoms with Crippen LogP contribution in [0.25, 0.3) is 0 Å². The number of piperidine rings is 1. The number of carbonyl (C=O) groups is 2. The van der Waals surface area contributed by atoms with Crippen molar-refractivity contribution in [3.63, 3.8) is 0 Å². The monoisotopic (exact) mass is 358 g/mol. The number of benzene rings is 1. The fourth-order valence-corrected chi connectivity index (χ4v) is 3.92. The number of ether oxygens (including phenoxy) is 1. The van der Waals surface area contributed by atoms with Crippen molar-refractivity contribution in [1.29, 1.82) is 0 Å². The fourth-order valence-electron chi connectivity index (χ4n) is 3.92. The largest absolute Gasteiger partial charge is 0.379 e. The van der Waals surface area contributed by atoms with Crippen LogP contribution in [0.3, 0.4) is 0 Å². The minimum atomic E-state index is 0.00959. The first-order valence-electron chi connectivity index (χ1n) is 9.93. The van der Waals surface area contributed by atoms with Crippen LogP contribution < -0.4 is 0 Å². The van der Waals surface area contributed by atoms with Crippen LogP contribution in [-0.2, 0) is 20.7 Å². The van der Waals surface area contributed by atoms with Crippen LogP contribution in [0.2, 0.25) is 0 Å². The highest BCUT2D eigenvalue weighted by Gasteiger charge is 2.32. The Kier molecular flexibility index (Phi) is 7.21. The average molecular weight is 358 g/mol. The number of carbonyl (C=O) groups excluding carboxylic acids is 2. The predicted octanol–water partition coefficient (Wildman–Crippen LogP) is 2.64. The van der Waals surface area contributed by atoms with Gasteiger partial charge in [-0.15, -0.1) is 0 Å². The molecular weight excluding hydrogens is 328 g/mol. The number of nitrogens with zero attached hydrogens (tertiary/aromatic N) is 2. The number of hydrogen-bond acceptors (Lipinski definition) is 4. The van der Waals surface area contributed by atoms with Gasteiger partial charge in [0.2, 0.25) is 11.8 Å². The van der Waals surface area contributed by atoms with E-state index >= 15 is 0 Å².